The lowest BCUT2D eigenvalue weighted by molar-refractivity contribution is 0.0657. The molecular weight excluding hydrogens is 330 g/mol. The fourth-order valence-corrected chi connectivity index (χ4v) is 3.83. The van der Waals surface area contributed by atoms with Gasteiger partial charge in [-0.05, 0) is 25.0 Å². The molecule has 3 heterocycles. The normalized spacial score (nSPS) is 18.9. The molecule has 1 saturated carbocycles. The van der Waals surface area contributed by atoms with Crippen molar-refractivity contribution in [3.63, 3.8) is 0 Å². The Morgan fingerprint density at radius 1 is 1.00 bits per heavy atom. The number of rotatable bonds is 2. The number of aromatic nitrogens is 2. The minimum Gasteiger partial charge on any atom is -0.335 e. The Bertz CT molecular complexity index is 755. The average Bonchev–Trinajstić information content (AvgIpc) is 3.12. The molecule has 7 nitrogen and oxygen atoms in total. The van der Waals surface area contributed by atoms with Gasteiger partial charge in [0.05, 0.1) is 0 Å². The van der Waals surface area contributed by atoms with Gasteiger partial charge in [-0.1, -0.05) is 25.3 Å². The molecule has 2 aromatic heterocycles. The fraction of sp³-hybridized carbons (Fsp3) is 0.526. The van der Waals surface area contributed by atoms with Gasteiger partial charge in [-0.15, -0.1) is 0 Å². The van der Waals surface area contributed by atoms with Gasteiger partial charge in [0, 0.05) is 44.6 Å². The zero-order valence-electron chi connectivity index (χ0n) is 14.9. The van der Waals surface area contributed by atoms with Crippen LogP contribution in [0, 0.1) is 0 Å². The molecule has 26 heavy (non-hydrogen) atoms. The number of pyridine rings is 1. The van der Waals surface area contributed by atoms with E-state index < -0.39 is 0 Å². The van der Waals surface area contributed by atoms with Crippen molar-refractivity contribution >= 4 is 17.6 Å². The van der Waals surface area contributed by atoms with Crippen molar-refractivity contribution in [2.75, 3.05) is 26.2 Å². The number of imidazole rings is 1. The highest BCUT2D eigenvalue weighted by Gasteiger charge is 2.27. The second-order valence-electron chi connectivity index (χ2n) is 7.16. The van der Waals surface area contributed by atoms with Crippen LogP contribution in [0.4, 0.5) is 4.79 Å². The standard InChI is InChI=1S/C19H25N5O2/c25-18(16-14-24-9-5-4-8-17(24)21-16)22-10-12-23(13-11-22)19(26)20-15-6-2-1-3-7-15/h4-5,8-9,14-15H,1-3,6-7,10-13H2,(H,20,26). The van der Waals surface area contributed by atoms with Crippen LogP contribution in [0.2, 0.25) is 0 Å². The molecule has 4 rings (SSSR count). The predicted molar refractivity (Wildman–Crippen MR) is 98.1 cm³/mol. The number of piperazine rings is 1. The Hall–Kier alpha value is -2.57. The van der Waals surface area contributed by atoms with Crippen molar-refractivity contribution in [2.24, 2.45) is 0 Å². The maximum atomic E-state index is 12.7. The number of hydrogen-bond acceptors (Lipinski definition) is 3. The van der Waals surface area contributed by atoms with Crippen molar-refractivity contribution in [3.8, 4) is 0 Å². The van der Waals surface area contributed by atoms with Gasteiger partial charge in [0.2, 0.25) is 0 Å². The van der Waals surface area contributed by atoms with E-state index in [4.69, 9.17) is 0 Å². The van der Waals surface area contributed by atoms with Crippen molar-refractivity contribution in [1.29, 1.82) is 0 Å². The van der Waals surface area contributed by atoms with Crippen LogP contribution in [0.1, 0.15) is 42.6 Å². The summed E-state index contributed by atoms with van der Waals surface area (Å²) < 4.78 is 1.85. The predicted octanol–water partition coefficient (Wildman–Crippen LogP) is 2.13. The van der Waals surface area contributed by atoms with Crippen molar-refractivity contribution in [2.45, 2.75) is 38.1 Å². The van der Waals surface area contributed by atoms with Crippen LogP contribution < -0.4 is 5.32 Å². The number of carbonyl (C=O) groups is 2. The first-order valence-corrected chi connectivity index (χ1v) is 9.49. The van der Waals surface area contributed by atoms with Gasteiger partial charge in [0.15, 0.2) is 0 Å². The molecule has 3 amide bonds. The Morgan fingerprint density at radius 2 is 1.73 bits per heavy atom. The lowest BCUT2D eigenvalue weighted by Gasteiger charge is -2.35. The Labute approximate surface area is 153 Å². The Morgan fingerprint density at radius 3 is 2.46 bits per heavy atom. The first-order chi connectivity index (χ1) is 12.7. The number of carbonyl (C=O) groups excluding carboxylic acids is 2. The molecule has 0 atom stereocenters. The molecule has 2 aromatic rings. The molecule has 0 aromatic carbocycles. The summed E-state index contributed by atoms with van der Waals surface area (Å²) in [6.45, 7) is 2.23. The molecule has 1 aliphatic carbocycles. The smallest absolute Gasteiger partial charge is 0.317 e. The van der Waals surface area contributed by atoms with E-state index in [-0.39, 0.29) is 11.9 Å². The molecule has 138 valence electrons. The zero-order valence-corrected chi connectivity index (χ0v) is 14.9. The van der Waals surface area contributed by atoms with Gasteiger partial charge in [0.25, 0.3) is 5.91 Å². The van der Waals surface area contributed by atoms with E-state index in [0.717, 1.165) is 18.5 Å². The van der Waals surface area contributed by atoms with Crippen LogP contribution in [0.3, 0.4) is 0 Å². The highest BCUT2D eigenvalue weighted by molar-refractivity contribution is 5.93. The third-order valence-electron chi connectivity index (χ3n) is 5.37. The molecule has 7 heteroatoms. The van der Waals surface area contributed by atoms with Crippen LogP contribution >= 0.6 is 0 Å². The van der Waals surface area contributed by atoms with Crippen LogP contribution in [-0.4, -0.2) is 63.3 Å². The molecule has 2 fully saturated rings. The maximum Gasteiger partial charge on any atom is 0.317 e. The highest BCUT2D eigenvalue weighted by atomic mass is 16.2. The Balaban J connectivity index is 1.32. The minimum absolute atomic E-state index is 0.0109. The van der Waals surface area contributed by atoms with E-state index in [1.807, 2.05) is 33.7 Å². The van der Waals surface area contributed by atoms with Gasteiger partial charge in [-0.3, -0.25) is 4.79 Å². The SMILES string of the molecule is O=C(NC1CCCCC1)N1CCN(C(=O)c2cn3ccccc3n2)CC1. The number of fused-ring (bicyclic) bond motifs is 1. The van der Waals surface area contributed by atoms with E-state index in [2.05, 4.69) is 10.3 Å². The number of hydrogen-bond donors (Lipinski definition) is 1. The number of nitrogens with zero attached hydrogens (tertiary/aromatic N) is 4. The molecule has 1 N–H and O–H groups in total. The third-order valence-corrected chi connectivity index (χ3v) is 5.37. The summed E-state index contributed by atoms with van der Waals surface area (Å²) >= 11 is 0. The lowest BCUT2D eigenvalue weighted by Crippen LogP contribution is -2.54. The second-order valence-corrected chi connectivity index (χ2v) is 7.16. The first-order valence-electron chi connectivity index (χ1n) is 9.49. The summed E-state index contributed by atoms with van der Waals surface area (Å²) in [6, 6.07) is 6.02. The zero-order chi connectivity index (χ0) is 17.9. The number of nitrogens with one attached hydrogen (secondary N) is 1. The van der Waals surface area contributed by atoms with Gasteiger partial charge in [0.1, 0.15) is 11.3 Å². The monoisotopic (exact) mass is 355 g/mol. The third kappa shape index (κ3) is 3.52. The van der Waals surface area contributed by atoms with Crippen molar-refractivity contribution in [1.82, 2.24) is 24.5 Å². The van der Waals surface area contributed by atoms with Crippen LogP contribution in [-0.2, 0) is 0 Å². The summed E-state index contributed by atoms with van der Waals surface area (Å²) in [4.78, 5) is 33.1. The first kappa shape index (κ1) is 16.9. The van der Waals surface area contributed by atoms with E-state index in [1.165, 1.54) is 19.3 Å². The van der Waals surface area contributed by atoms with Crippen LogP contribution in [0.5, 0.6) is 0 Å². The molecule has 1 aliphatic heterocycles. The fourth-order valence-electron chi connectivity index (χ4n) is 3.83. The van der Waals surface area contributed by atoms with E-state index in [9.17, 15) is 9.59 Å². The summed E-state index contributed by atoms with van der Waals surface area (Å²) in [6.07, 6.45) is 9.48. The topological polar surface area (TPSA) is 70.0 Å². The summed E-state index contributed by atoms with van der Waals surface area (Å²) in [5.74, 6) is -0.0685. The van der Waals surface area contributed by atoms with Crippen LogP contribution in [0.15, 0.2) is 30.6 Å². The summed E-state index contributed by atoms with van der Waals surface area (Å²) in [7, 11) is 0. The van der Waals surface area contributed by atoms with Gasteiger partial charge < -0.3 is 19.5 Å². The summed E-state index contributed by atoms with van der Waals surface area (Å²) in [5.41, 5.74) is 1.22. The molecule has 1 saturated heterocycles. The highest BCUT2D eigenvalue weighted by Crippen LogP contribution is 2.18. The molecule has 0 radical (unpaired) electrons. The van der Waals surface area contributed by atoms with E-state index in [1.54, 1.807) is 11.1 Å². The molecule has 0 bridgehead atoms. The number of urea groups is 1. The van der Waals surface area contributed by atoms with E-state index in [0.29, 0.717) is 37.9 Å². The molecule has 2 aliphatic rings. The van der Waals surface area contributed by atoms with Crippen molar-refractivity contribution in [3.05, 3.63) is 36.3 Å². The lowest BCUT2D eigenvalue weighted by atomic mass is 9.96. The average molecular weight is 355 g/mol. The van der Waals surface area contributed by atoms with Crippen molar-refractivity contribution < 1.29 is 9.59 Å². The minimum atomic E-state index is -0.0685. The van der Waals surface area contributed by atoms with Gasteiger partial charge in [-0.2, -0.15) is 0 Å². The second kappa shape index (κ2) is 7.35. The summed E-state index contributed by atoms with van der Waals surface area (Å²) in [5, 5.41) is 3.15. The van der Waals surface area contributed by atoms with E-state index >= 15 is 0 Å². The Kier molecular flexibility index (Phi) is 4.77. The maximum absolute atomic E-state index is 12.7. The quantitative estimate of drug-likeness (QED) is 0.897. The molecule has 0 spiro atoms. The number of amides is 3. The van der Waals surface area contributed by atoms with Gasteiger partial charge >= 0.3 is 6.03 Å². The molecule has 0 unspecified atom stereocenters. The van der Waals surface area contributed by atoms with Crippen LogP contribution in [0.25, 0.3) is 5.65 Å². The largest absolute Gasteiger partial charge is 0.335 e. The van der Waals surface area contributed by atoms with Gasteiger partial charge in [-0.25, -0.2) is 9.78 Å². The molecular formula is C19H25N5O2.